The number of hydrogen-bond acceptors (Lipinski definition) is 4. The smallest absolute Gasteiger partial charge is 0.319 e. The van der Waals surface area contributed by atoms with Crippen molar-refractivity contribution in [2.45, 2.75) is 13.3 Å². The van der Waals surface area contributed by atoms with Crippen molar-refractivity contribution in [1.82, 2.24) is 5.32 Å². The summed E-state index contributed by atoms with van der Waals surface area (Å²) in [4.78, 5) is 12.1. The van der Waals surface area contributed by atoms with E-state index < -0.39 is 0 Å². The molecule has 0 fully saturated rings. The number of carbonyl (C=O) groups is 1. The van der Waals surface area contributed by atoms with Crippen LogP contribution in [-0.2, 0) is 6.42 Å². The highest BCUT2D eigenvalue weighted by Crippen LogP contribution is 2.27. The summed E-state index contributed by atoms with van der Waals surface area (Å²) in [6.07, 6.45) is 0.679. The summed E-state index contributed by atoms with van der Waals surface area (Å²) in [5.74, 6) is 1.98. The molecule has 134 valence electrons. The normalized spacial score (nSPS) is 10.1. The number of nitrogens with one attached hydrogen (secondary N) is 2. The predicted molar refractivity (Wildman–Crippen MR) is 98.0 cm³/mol. The molecular formula is C19H24N2O4. The van der Waals surface area contributed by atoms with Crippen LogP contribution in [0.5, 0.6) is 17.2 Å². The second-order valence-electron chi connectivity index (χ2n) is 5.52. The van der Waals surface area contributed by atoms with Gasteiger partial charge in [-0.25, -0.2) is 4.79 Å². The molecule has 0 saturated carbocycles. The van der Waals surface area contributed by atoms with Gasteiger partial charge in [0.25, 0.3) is 0 Å². The molecule has 25 heavy (non-hydrogen) atoms. The second kappa shape index (κ2) is 8.82. The molecule has 0 atom stereocenters. The monoisotopic (exact) mass is 344 g/mol. The zero-order chi connectivity index (χ0) is 18.2. The Kier molecular flexibility index (Phi) is 6.51. The Bertz CT molecular complexity index is 731. The van der Waals surface area contributed by atoms with E-state index in [0.29, 0.717) is 35.9 Å². The van der Waals surface area contributed by atoms with Gasteiger partial charge in [-0.1, -0.05) is 12.1 Å². The van der Waals surface area contributed by atoms with Crippen LogP contribution in [0.15, 0.2) is 36.4 Å². The molecular weight excluding hydrogens is 320 g/mol. The zero-order valence-electron chi connectivity index (χ0n) is 15.0. The molecule has 0 spiro atoms. The van der Waals surface area contributed by atoms with Crippen LogP contribution in [0.3, 0.4) is 0 Å². The van der Waals surface area contributed by atoms with Gasteiger partial charge in [0.15, 0.2) is 11.5 Å². The van der Waals surface area contributed by atoms with E-state index in [0.717, 1.165) is 11.1 Å². The lowest BCUT2D eigenvalue weighted by molar-refractivity contribution is 0.252. The van der Waals surface area contributed by atoms with E-state index in [1.54, 1.807) is 21.3 Å². The fourth-order valence-corrected chi connectivity index (χ4v) is 2.44. The molecule has 0 aliphatic carbocycles. The van der Waals surface area contributed by atoms with Crippen molar-refractivity contribution >= 4 is 11.7 Å². The van der Waals surface area contributed by atoms with Gasteiger partial charge in [-0.05, 0) is 48.7 Å². The summed E-state index contributed by atoms with van der Waals surface area (Å²) in [5, 5.41) is 5.65. The van der Waals surface area contributed by atoms with Crippen LogP contribution in [0.25, 0.3) is 0 Å². The van der Waals surface area contributed by atoms with E-state index in [4.69, 9.17) is 14.2 Å². The van der Waals surface area contributed by atoms with Crippen LogP contribution in [0, 0.1) is 6.92 Å². The van der Waals surface area contributed by atoms with Crippen molar-refractivity contribution in [2.24, 2.45) is 0 Å². The van der Waals surface area contributed by atoms with E-state index in [9.17, 15) is 4.79 Å². The summed E-state index contributed by atoms with van der Waals surface area (Å²) >= 11 is 0. The third-order valence-corrected chi connectivity index (χ3v) is 3.75. The van der Waals surface area contributed by atoms with Gasteiger partial charge < -0.3 is 24.8 Å². The molecule has 0 radical (unpaired) electrons. The van der Waals surface area contributed by atoms with Gasteiger partial charge in [-0.3, -0.25) is 0 Å². The molecule has 2 N–H and O–H groups in total. The van der Waals surface area contributed by atoms with Gasteiger partial charge in [0, 0.05) is 6.54 Å². The Hall–Kier alpha value is -2.89. The molecule has 6 nitrogen and oxygen atoms in total. The number of benzene rings is 2. The number of urea groups is 1. The molecule has 0 aliphatic heterocycles. The highest BCUT2D eigenvalue weighted by molar-refractivity contribution is 5.91. The molecule has 2 amide bonds. The van der Waals surface area contributed by atoms with Crippen LogP contribution in [0.2, 0.25) is 0 Å². The lowest BCUT2D eigenvalue weighted by Gasteiger charge is -2.12. The maximum absolute atomic E-state index is 12.1. The Morgan fingerprint density at radius 1 is 0.920 bits per heavy atom. The lowest BCUT2D eigenvalue weighted by Crippen LogP contribution is -2.30. The SMILES string of the molecule is COc1ccc(C)cc1NC(=O)NCCc1ccc(OC)c(OC)c1. The van der Waals surface area contributed by atoms with E-state index >= 15 is 0 Å². The molecule has 6 heteroatoms. The van der Waals surface area contributed by atoms with Gasteiger partial charge in [0.1, 0.15) is 5.75 Å². The number of methoxy groups -OCH3 is 3. The van der Waals surface area contributed by atoms with Crippen molar-refractivity contribution in [1.29, 1.82) is 0 Å². The average molecular weight is 344 g/mol. The van der Waals surface area contributed by atoms with Crippen molar-refractivity contribution in [3.8, 4) is 17.2 Å². The number of carbonyl (C=O) groups excluding carboxylic acids is 1. The van der Waals surface area contributed by atoms with E-state index in [1.807, 2.05) is 43.3 Å². The average Bonchev–Trinajstić information content (AvgIpc) is 2.61. The first kappa shape index (κ1) is 18.4. The summed E-state index contributed by atoms with van der Waals surface area (Å²) < 4.78 is 15.8. The standard InChI is InChI=1S/C19H24N2O4/c1-13-5-7-16(23-2)15(11-13)21-19(22)20-10-9-14-6-8-17(24-3)18(12-14)25-4/h5-8,11-12H,9-10H2,1-4H3,(H2,20,21,22). The first-order valence-electron chi connectivity index (χ1n) is 7.97. The molecule has 0 heterocycles. The van der Waals surface area contributed by atoms with Crippen molar-refractivity contribution < 1.29 is 19.0 Å². The minimum Gasteiger partial charge on any atom is -0.495 e. The topological polar surface area (TPSA) is 68.8 Å². The minimum atomic E-state index is -0.274. The second-order valence-corrected chi connectivity index (χ2v) is 5.52. The van der Waals surface area contributed by atoms with Crippen LogP contribution in [0.1, 0.15) is 11.1 Å². The Morgan fingerprint density at radius 2 is 1.60 bits per heavy atom. The van der Waals surface area contributed by atoms with Crippen molar-refractivity contribution in [2.75, 3.05) is 33.2 Å². The molecule has 0 unspecified atom stereocenters. The maximum Gasteiger partial charge on any atom is 0.319 e. The van der Waals surface area contributed by atoms with Crippen LogP contribution in [-0.4, -0.2) is 33.9 Å². The highest BCUT2D eigenvalue weighted by Gasteiger charge is 2.08. The highest BCUT2D eigenvalue weighted by atomic mass is 16.5. The molecule has 0 saturated heterocycles. The Balaban J connectivity index is 1.90. The van der Waals surface area contributed by atoms with Gasteiger partial charge in [0.2, 0.25) is 0 Å². The number of ether oxygens (including phenoxy) is 3. The molecule has 2 aromatic rings. The number of aryl methyl sites for hydroxylation is 1. The van der Waals surface area contributed by atoms with Gasteiger partial charge >= 0.3 is 6.03 Å². The van der Waals surface area contributed by atoms with Gasteiger partial charge in [-0.15, -0.1) is 0 Å². The number of hydrogen-bond donors (Lipinski definition) is 2. The lowest BCUT2D eigenvalue weighted by atomic mass is 10.1. The third-order valence-electron chi connectivity index (χ3n) is 3.75. The number of rotatable bonds is 7. The Labute approximate surface area is 148 Å². The first-order valence-corrected chi connectivity index (χ1v) is 7.97. The summed E-state index contributed by atoms with van der Waals surface area (Å²) in [7, 11) is 4.77. The minimum absolute atomic E-state index is 0.274. The third kappa shape index (κ3) is 5.04. The molecule has 0 bridgehead atoms. The van der Waals surface area contributed by atoms with Gasteiger partial charge in [-0.2, -0.15) is 0 Å². The fourth-order valence-electron chi connectivity index (χ4n) is 2.44. The number of amides is 2. The molecule has 2 aromatic carbocycles. The van der Waals surface area contributed by atoms with Crippen LogP contribution >= 0.6 is 0 Å². The maximum atomic E-state index is 12.1. The van der Waals surface area contributed by atoms with Crippen LogP contribution < -0.4 is 24.8 Å². The molecule has 2 rings (SSSR count). The van der Waals surface area contributed by atoms with Crippen LogP contribution in [0.4, 0.5) is 10.5 Å². The molecule has 0 aromatic heterocycles. The quantitative estimate of drug-likeness (QED) is 0.808. The van der Waals surface area contributed by atoms with E-state index in [-0.39, 0.29) is 6.03 Å². The summed E-state index contributed by atoms with van der Waals surface area (Å²) in [6.45, 7) is 2.45. The predicted octanol–water partition coefficient (Wildman–Crippen LogP) is 3.39. The summed E-state index contributed by atoms with van der Waals surface area (Å²) in [6, 6.07) is 11.1. The van der Waals surface area contributed by atoms with E-state index in [1.165, 1.54) is 0 Å². The van der Waals surface area contributed by atoms with Crippen molar-refractivity contribution in [3.05, 3.63) is 47.5 Å². The largest absolute Gasteiger partial charge is 0.495 e. The fraction of sp³-hybridized carbons (Fsp3) is 0.316. The summed E-state index contributed by atoms with van der Waals surface area (Å²) in [5.41, 5.74) is 2.73. The van der Waals surface area contributed by atoms with Gasteiger partial charge in [0.05, 0.1) is 27.0 Å². The van der Waals surface area contributed by atoms with Crippen molar-refractivity contribution in [3.63, 3.8) is 0 Å². The Morgan fingerprint density at radius 3 is 2.28 bits per heavy atom. The number of anilines is 1. The molecule has 0 aliphatic rings. The first-order chi connectivity index (χ1) is 12.1. The van der Waals surface area contributed by atoms with E-state index in [2.05, 4.69) is 10.6 Å². The zero-order valence-corrected chi connectivity index (χ0v) is 15.0.